The number of rotatable bonds is 6. The SMILES string of the molecule is C[C@H]1C[C@@H]2[C@H]([C@@H](O)C[C@@]3(C)[C@H]2CC[C@]3(O)C(=O)COC(=O)CCC(=O)O)[C@@]2(C)C=CC(=O)C=C12.[Na+]. The molecule has 0 aromatic rings. The number of carbonyl (C=O) groups excluding carboxylic acids is 3. The number of aliphatic hydroxyl groups excluding tert-OH is 1. The fourth-order valence-electron chi connectivity index (χ4n) is 7.76. The van der Waals surface area contributed by atoms with Crippen molar-refractivity contribution in [2.45, 2.75) is 71.0 Å². The molecule has 0 saturated heterocycles. The quantitative estimate of drug-likeness (QED) is 0.321. The fraction of sp³-hybridized carbons (Fsp3) is 0.692. The third kappa shape index (κ3) is 4.50. The molecule has 0 aliphatic heterocycles. The molecule has 9 heteroatoms. The first-order valence-electron chi connectivity index (χ1n) is 12.1. The minimum atomic E-state index is -1.74. The maximum Gasteiger partial charge on any atom is 1.00 e. The molecule has 4 aliphatic rings. The number of fused-ring (bicyclic) bond motifs is 5. The van der Waals surface area contributed by atoms with E-state index in [-0.39, 0.29) is 84.7 Å². The van der Waals surface area contributed by atoms with E-state index in [9.17, 15) is 29.4 Å². The molecule has 0 amide bonds. The molecule has 4 aliphatic carbocycles. The number of carboxylic acid groups (broad SMARTS) is 1. The topological polar surface area (TPSA) is 138 Å². The van der Waals surface area contributed by atoms with Crippen molar-refractivity contribution in [3.8, 4) is 0 Å². The van der Waals surface area contributed by atoms with Crippen LogP contribution in [-0.2, 0) is 23.9 Å². The maximum atomic E-state index is 13.1. The van der Waals surface area contributed by atoms with Crippen molar-refractivity contribution >= 4 is 23.5 Å². The number of hydrogen-bond donors (Lipinski definition) is 3. The smallest absolute Gasteiger partial charge is 0.481 e. The molecule has 186 valence electrons. The molecule has 35 heavy (non-hydrogen) atoms. The standard InChI is InChI=1S/C26H34O8.Na/c1-14-10-16-17-7-9-26(33,20(29)13-34-22(32)5-4-21(30)31)25(17,3)12-19(28)23(16)24(2)8-6-15(27)11-18(14)24;/h6,8,11,14,16-17,19,23,28,33H,4-5,7,9-10,12-13H2,1-3H3,(H,30,31);/q;+1/t14-,16-,17-,19-,23+,24-,25-,26-;/m0./s1. The van der Waals surface area contributed by atoms with Gasteiger partial charge in [-0.3, -0.25) is 19.2 Å². The predicted octanol–water partition coefficient (Wildman–Crippen LogP) is -0.777. The van der Waals surface area contributed by atoms with Crippen LogP contribution in [0.25, 0.3) is 0 Å². The monoisotopic (exact) mass is 497 g/mol. The van der Waals surface area contributed by atoms with Crippen molar-refractivity contribution in [2.75, 3.05) is 6.61 Å². The van der Waals surface area contributed by atoms with Gasteiger partial charge in [0.1, 0.15) is 5.60 Å². The zero-order valence-electron chi connectivity index (χ0n) is 21.0. The molecular formula is C26H34NaO8+. The summed E-state index contributed by atoms with van der Waals surface area (Å²) in [6.07, 6.45) is 5.52. The summed E-state index contributed by atoms with van der Waals surface area (Å²) < 4.78 is 4.98. The van der Waals surface area contributed by atoms with Gasteiger partial charge < -0.3 is 20.1 Å². The Labute approximate surface area is 227 Å². The molecule has 0 unspecified atom stereocenters. The zero-order valence-corrected chi connectivity index (χ0v) is 23.0. The summed E-state index contributed by atoms with van der Waals surface area (Å²) in [6.45, 7) is 5.40. The van der Waals surface area contributed by atoms with Crippen LogP contribution in [0, 0.1) is 34.5 Å². The second-order valence-electron chi connectivity index (χ2n) is 11.1. The first kappa shape index (κ1) is 28.3. The van der Waals surface area contributed by atoms with E-state index >= 15 is 0 Å². The maximum absolute atomic E-state index is 13.1. The van der Waals surface area contributed by atoms with Gasteiger partial charge in [-0.15, -0.1) is 0 Å². The second kappa shape index (κ2) is 9.86. The van der Waals surface area contributed by atoms with Crippen LogP contribution in [0.4, 0.5) is 0 Å². The fourth-order valence-corrected chi connectivity index (χ4v) is 7.76. The molecule has 3 fully saturated rings. The number of esters is 1. The van der Waals surface area contributed by atoms with Crippen LogP contribution in [0.3, 0.4) is 0 Å². The molecule has 8 atom stereocenters. The van der Waals surface area contributed by atoms with Crippen molar-refractivity contribution in [3.05, 3.63) is 23.8 Å². The Morgan fingerprint density at radius 2 is 1.89 bits per heavy atom. The molecule has 0 spiro atoms. The molecule has 3 saturated carbocycles. The Kier molecular flexibility index (Phi) is 7.96. The van der Waals surface area contributed by atoms with E-state index in [0.29, 0.717) is 6.42 Å². The number of carboxylic acids is 1. The third-order valence-electron chi connectivity index (χ3n) is 9.34. The largest absolute Gasteiger partial charge is 1.00 e. The van der Waals surface area contributed by atoms with E-state index in [0.717, 1.165) is 12.0 Å². The van der Waals surface area contributed by atoms with Gasteiger partial charge in [-0.25, -0.2) is 0 Å². The van der Waals surface area contributed by atoms with Gasteiger partial charge in [-0.05, 0) is 55.6 Å². The van der Waals surface area contributed by atoms with Crippen molar-refractivity contribution in [1.82, 2.24) is 0 Å². The third-order valence-corrected chi connectivity index (χ3v) is 9.34. The average molecular weight is 498 g/mol. The first-order valence-corrected chi connectivity index (χ1v) is 12.1. The predicted molar refractivity (Wildman–Crippen MR) is 120 cm³/mol. The van der Waals surface area contributed by atoms with Crippen LogP contribution in [-0.4, -0.2) is 57.1 Å². The molecule has 0 aromatic carbocycles. The summed E-state index contributed by atoms with van der Waals surface area (Å²) in [5, 5.41) is 31.7. The van der Waals surface area contributed by atoms with Crippen molar-refractivity contribution in [2.24, 2.45) is 34.5 Å². The minimum absolute atomic E-state index is 0. The number of carbonyl (C=O) groups is 4. The number of hydrogen-bond acceptors (Lipinski definition) is 7. The summed E-state index contributed by atoms with van der Waals surface area (Å²) >= 11 is 0. The summed E-state index contributed by atoms with van der Waals surface area (Å²) in [7, 11) is 0. The van der Waals surface area contributed by atoms with E-state index in [2.05, 4.69) is 13.8 Å². The van der Waals surface area contributed by atoms with Crippen molar-refractivity contribution in [1.29, 1.82) is 0 Å². The summed E-state index contributed by atoms with van der Waals surface area (Å²) in [6, 6.07) is 0. The van der Waals surface area contributed by atoms with E-state index in [4.69, 9.17) is 9.84 Å². The minimum Gasteiger partial charge on any atom is -0.481 e. The van der Waals surface area contributed by atoms with E-state index in [1.165, 1.54) is 0 Å². The van der Waals surface area contributed by atoms with E-state index < -0.39 is 46.9 Å². The number of aliphatic hydroxyl groups is 2. The normalized spacial score (nSPS) is 41.6. The molecule has 0 heterocycles. The number of ketones is 2. The van der Waals surface area contributed by atoms with Crippen molar-refractivity contribution < 1.29 is 68.8 Å². The van der Waals surface area contributed by atoms with Gasteiger partial charge in [0.15, 0.2) is 12.4 Å². The van der Waals surface area contributed by atoms with Crippen LogP contribution >= 0.6 is 0 Å². The molecule has 8 nitrogen and oxygen atoms in total. The van der Waals surface area contributed by atoms with E-state index in [1.807, 2.05) is 13.0 Å². The van der Waals surface area contributed by atoms with Crippen LogP contribution < -0.4 is 29.6 Å². The van der Waals surface area contributed by atoms with Crippen LogP contribution in [0.5, 0.6) is 0 Å². The van der Waals surface area contributed by atoms with Gasteiger partial charge >= 0.3 is 41.5 Å². The van der Waals surface area contributed by atoms with Gasteiger partial charge in [0.2, 0.25) is 5.78 Å². The molecule has 0 aromatic heterocycles. The van der Waals surface area contributed by atoms with Crippen LogP contribution in [0.15, 0.2) is 23.8 Å². The number of Topliss-reactive ketones (excluding diaryl/α,β-unsaturated/α-hetero) is 1. The molecule has 0 radical (unpaired) electrons. The zero-order chi connectivity index (χ0) is 25.1. The summed E-state index contributed by atoms with van der Waals surface area (Å²) in [4.78, 5) is 47.7. The van der Waals surface area contributed by atoms with Crippen LogP contribution in [0.1, 0.15) is 59.3 Å². The molecule has 4 rings (SSSR count). The van der Waals surface area contributed by atoms with Gasteiger partial charge in [0.05, 0.1) is 18.9 Å². The Hall–Kier alpha value is -1.32. The van der Waals surface area contributed by atoms with Gasteiger partial charge in [-0.1, -0.05) is 32.4 Å². The number of allylic oxidation sites excluding steroid dienone is 4. The average Bonchev–Trinajstić information content (AvgIpc) is 3.03. The Morgan fingerprint density at radius 3 is 2.54 bits per heavy atom. The Morgan fingerprint density at radius 1 is 1.20 bits per heavy atom. The summed E-state index contributed by atoms with van der Waals surface area (Å²) in [5.74, 6) is -2.51. The molecule has 0 bridgehead atoms. The van der Waals surface area contributed by atoms with Gasteiger partial charge in [-0.2, -0.15) is 0 Å². The van der Waals surface area contributed by atoms with E-state index in [1.54, 1.807) is 12.2 Å². The van der Waals surface area contributed by atoms with Gasteiger partial charge in [0, 0.05) is 16.7 Å². The van der Waals surface area contributed by atoms with Crippen LogP contribution in [0.2, 0.25) is 0 Å². The number of ether oxygens (including phenoxy) is 1. The Balaban J connectivity index is 0.00000342. The Bertz CT molecular complexity index is 988. The molecule has 3 N–H and O–H groups in total. The van der Waals surface area contributed by atoms with Gasteiger partial charge in [0.25, 0.3) is 0 Å². The molecular weight excluding hydrogens is 463 g/mol. The second-order valence-corrected chi connectivity index (χ2v) is 11.1. The number of aliphatic carboxylic acids is 1. The first-order chi connectivity index (χ1) is 15.8. The van der Waals surface area contributed by atoms with Crippen molar-refractivity contribution in [3.63, 3.8) is 0 Å². The summed E-state index contributed by atoms with van der Waals surface area (Å²) in [5.41, 5.74) is -2.04.